The van der Waals surface area contributed by atoms with Crippen LogP contribution in [0.1, 0.15) is 43.9 Å². The van der Waals surface area contributed by atoms with Crippen molar-refractivity contribution >= 4 is 11.6 Å². The van der Waals surface area contributed by atoms with Crippen molar-refractivity contribution in [3.05, 3.63) is 65.7 Å². The fourth-order valence-corrected chi connectivity index (χ4v) is 3.50. The van der Waals surface area contributed by atoms with Crippen molar-refractivity contribution < 1.29 is 4.79 Å². The minimum absolute atomic E-state index is 0.187. The molecule has 4 nitrogen and oxygen atoms in total. The molecule has 4 heteroatoms. The minimum Gasteiger partial charge on any atom is -0.324 e. The molecule has 1 fully saturated rings. The number of amides is 1. The van der Waals surface area contributed by atoms with Crippen LogP contribution in [-0.2, 0) is 10.2 Å². The topological polar surface area (TPSA) is 58.4 Å². The number of nitrogens with zero attached hydrogens (tertiary/aromatic N) is 1. The first-order chi connectivity index (χ1) is 12.6. The fourth-order valence-electron chi connectivity index (χ4n) is 3.50. The highest BCUT2D eigenvalue weighted by molar-refractivity contribution is 5.95. The molecule has 1 aliphatic carbocycles. The van der Waals surface area contributed by atoms with Gasteiger partial charge in [0.25, 0.3) is 0 Å². The van der Waals surface area contributed by atoms with Gasteiger partial charge in [-0.15, -0.1) is 0 Å². The van der Waals surface area contributed by atoms with E-state index in [2.05, 4.69) is 36.2 Å². The lowest BCUT2D eigenvalue weighted by molar-refractivity contribution is -0.117. The molecule has 1 saturated carbocycles. The summed E-state index contributed by atoms with van der Waals surface area (Å²) in [6.07, 6.45) is 2.49. The zero-order chi connectivity index (χ0) is 18.6. The molecule has 0 bridgehead atoms. The molecular formula is C22H29N3O. The van der Waals surface area contributed by atoms with Crippen molar-refractivity contribution in [2.75, 3.05) is 25.0 Å². The Hall–Kier alpha value is -2.17. The number of anilines is 1. The number of benzene rings is 2. The van der Waals surface area contributed by atoms with E-state index >= 15 is 0 Å². The molecule has 1 aliphatic rings. The van der Waals surface area contributed by atoms with E-state index in [0.717, 1.165) is 30.9 Å². The Bertz CT molecular complexity index is 719. The third kappa shape index (κ3) is 4.14. The summed E-state index contributed by atoms with van der Waals surface area (Å²) in [5.41, 5.74) is 9.35. The van der Waals surface area contributed by atoms with Gasteiger partial charge in [-0.25, -0.2) is 0 Å². The summed E-state index contributed by atoms with van der Waals surface area (Å²) in [6, 6.07) is 17.1. The van der Waals surface area contributed by atoms with Gasteiger partial charge in [0.2, 0.25) is 5.91 Å². The molecular weight excluding hydrogens is 322 g/mol. The molecule has 1 atom stereocenters. The summed E-state index contributed by atoms with van der Waals surface area (Å²) in [4.78, 5) is 14.9. The summed E-state index contributed by atoms with van der Waals surface area (Å²) < 4.78 is 0. The lowest BCUT2D eigenvalue weighted by Crippen LogP contribution is -2.32. The maximum atomic E-state index is 12.4. The first kappa shape index (κ1) is 18.6. The van der Waals surface area contributed by atoms with Crippen molar-refractivity contribution in [3.8, 4) is 0 Å². The largest absolute Gasteiger partial charge is 0.324 e. The van der Waals surface area contributed by atoms with E-state index in [1.54, 1.807) is 0 Å². The molecule has 0 saturated heterocycles. The zero-order valence-corrected chi connectivity index (χ0v) is 15.7. The number of carbonyl (C=O) groups is 1. The van der Waals surface area contributed by atoms with Crippen molar-refractivity contribution in [3.63, 3.8) is 0 Å². The highest BCUT2D eigenvalue weighted by atomic mass is 16.2. The first-order valence-corrected chi connectivity index (χ1v) is 9.52. The predicted molar refractivity (Wildman–Crippen MR) is 107 cm³/mol. The van der Waals surface area contributed by atoms with Crippen LogP contribution in [-0.4, -0.2) is 30.4 Å². The van der Waals surface area contributed by atoms with E-state index in [0.29, 0.717) is 5.41 Å². The van der Waals surface area contributed by atoms with Gasteiger partial charge in [0.05, 0.1) is 0 Å². The third-order valence-corrected chi connectivity index (χ3v) is 5.48. The van der Waals surface area contributed by atoms with Gasteiger partial charge in [-0.1, -0.05) is 56.3 Å². The molecule has 1 unspecified atom stereocenters. The van der Waals surface area contributed by atoms with Crippen molar-refractivity contribution in [2.45, 2.75) is 38.1 Å². The Morgan fingerprint density at radius 2 is 1.69 bits per heavy atom. The second-order valence-corrected chi connectivity index (χ2v) is 7.20. The van der Waals surface area contributed by atoms with E-state index in [9.17, 15) is 4.79 Å². The molecule has 3 rings (SSSR count). The number of nitrogens with two attached hydrogens (primary N) is 1. The smallest absolute Gasteiger partial charge is 0.245 e. The molecule has 0 spiro atoms. The standard InChI is InChI=1S/C22H29N3O/c1-3-25(4-2)16-22(14-15-22)18-10-12-19(13-11-18)24-21(26)20(23)17-8-6-5-7-9-17/h5-13,20H,3-4,14-16,23H2,1-2H3,(H,24,26). The van der Waals surface area contributed by atoms with Crippen LogP contribution in [0.15, 0.2) is 54.6 Å². The number of carbonyl (C=O) groups excluding carboxylic acids is 1. The first-order valence-electron chi connectivity index (χ1n) is 9.52. The number of likely N-dealkylation sites (N-methyl/N-ethyl adjacent to an activating group) is 1. The van der Waals surface area contributed by atoms with Gasteiger partial charge in [-0.05, 0) is 49.2 Å². The normalized spacial score (nSPS) is 16.3. The van der Waals surface area contributed by atoms with E-state index < -0.39 is 6.04 Å². The van der Waals surface area contributed by atoms with Crippen molar-refractivity contribution in [1.82, 2.24) is 4.90 Å². The van der Waals surface area contributed by atoms with Gasteiger partial charge >= 0.3 is 0 Å². The molecule has 2 aromatic rings. The Balaban J connectivity index is 1.64. The molecule has 3 N–H and O–H groups in total. The SMILES string of the molecule is CCN(CC)CC1(c2ccc(NC(=O)C(N)c3ccccc3)cc2)CC1. The van der Waals surface area contributed by atoms with Gasteiger partial charge in [-0.2, -0.15) is 0 Å². The van der Waals surface area contributed by atoms with Crippen LogP contribution in [0.2, 0.25) is 0 Å². The van der Waals surface area contributed by atoms with Gasteiger partial charge in [0.15, 0.2) is 0 Å². The van der Waals surface area contributed by atoms with E-state index in [4.69, 9.17) is 5.73 Å². The molecule has 0 radical (unpaired) electrons. The molecule has 2 aromatic carbocycles. The monoisotopic (exact) mass is 351 g/mol. The Kier molecular flexibility index (Phi) is 5.74. The average Bonchev–Trinajstić information content (AvgIpc) is 3.47. The van der Waals surface area contributed by atoms with Crippen LogP contribution in [0.25, 0.3) is 0 Å². The average molecular weight is 351 g/mol. The lowest BCUT2D eigenvalue weighted by Gasteiger charge is -2.25. The van der Waals surface area contributed by atoms with Crippen molar-refractivity contribution in [2.24, 2.45) is 5.73 Å². The second kappa shape index (κ2) is 8.02. The molecule has 1 amide bonds. The maximum absolute atomic E-state index is 12.4. The highest BCUT2D eigenvalue weighted by Crippen LogP contribution is 2.48. The maximum Gasteiger partial charge on any atom is 0.245 e. The summed E-state index contributed by atoms with van der Waals surface area (Å²) in [7, 11) is 0. The second-order valence-electron chi connectivity index (χ2n) is 7.20. The van der Waals surface area contributed by atoms with Crippen LogP contribution in [0.4, 0.5) is 5.69 Å². The predicted octanol–water partition coefficient (Wildman–Crippen LogP) is 3.70. The van der Waals surface area contributed by atoms with E-state index in [-0.39, 0.29) is 5.91 Å². The number of hydrogen-bond acceptors (Lipinski definition) is 3. The van der Waals surface area contributed by atoms with Gasteiger partial charge in [0, 0.05) is 17.6 Å². The zero-order valence-electron chi connectivity index (χ0n) is 15.7. The molecule has 138 valence electrons. The number of hydrogen-bond donors (Lipinski definition) is 2. The molecule has 0 aromatic heterocycles. The van der Waals surface area contributed by atoms with Crippen LogP contribution < -0.4 is 11.1 Å². The third-order valence-electron chi connectivity index (χ3n) is 5.48. The molecule has 0 heterocycles. The van der Waals surface area contributed by atoms with Crippen LogP contribution in [0.3, 0.4) is 0 Å². The summed E-state index contributed by atoms with van der Waals surface area (Å²) in [5.74, 6) is -0.187. The summed E-state index contributed by atoms with van der Waals surface area (Å²) in [6.45, 7) is 7.72. The van der Waals surface area contributed by atoms with Gasteiger partial charge in [-0.3, -0.25) is 4.79 Å². The Labute approximate surface area is 156 Å². The molecule has 26 heavy (non-hydrogen) atoms. The van der Waals surface area contributed by atoms with Gasteiger partial charge < -0.3 is 16.0 Å². The highest BCUT2D eigenvalue weighted by Gasteiger charge is 2.44. The number of rotatable bonds is 8. The van der Waals surface area contributed by atoms with E-state index in [1.807, 2.05) is 42.5 Å². The van der Waals surface area contributed by atoms with Crippen LogP contribution in [0.5, 0.6) is 0 Å². The van der Waals surface area contributed by atoms with Crippen LogP contribution in [0, 0.1) is 0 Å². The fraction of sp³-hybridized carbons (Fsp3) is 0.409. The minimum atomic E-state index is -0.659. The summed E-state index contributed by atoms with van der Waals surface area (Å²) in [5, 5.41) is 2.93. The van der Waals surface area contributed by atoms with E-state index in [1.165, 1.54) is 18.4 Å². The number of nitrogens with one attached hydrogen (secondary N) is 1. The Morgan fingerprint density at radius 3 is 2.23 bits per heavy atom. The molecule has 0 aliphatic heterocycles. The quantitative estimate of drug-likeness (QED) is 0.762. The van der Waals surface area contributed by atoms with Crippen LogP contribution >= 0.6 is 0 Å². The van der Waals surface area contributed by atoms with Crippen molar-refractivity contribution in [1.29, 1.82) is 0 Å². The van der Waals surface area contributed by atoms with Gasteiger partial charge in [0.1, 0.15) is 6.04 Å². The lowest BCUT2D eigenvalue weighted by atomic mass is 9.95. The Morgan fingerprint density at radius 1 is 1.08 bits per heavy atom. The summed E-state index contributed by atoms with van der Waals surface area (Å²) >= 11 is 0.